The number of aromatic nitrogens is 1. The molecule has 24 heavy (non-hydrogen) atoms. The molecule has 3 rings (SSSR count). The van der Waals surface area contributed by atoms with Crippen molar-refractivity contribution < 1.29 is 9.53 Å². The maximum atomic E-state index is 11.2. The van der Waals surface area contributed by atoms with Gasteiger partial charge in [-0.3, -0.25) is 4.79 Å². The Hall–Kier alpha value is -3.26. The second-order valence-electron chi connectivity index (χ2n) is 5.49. The number of rotatable bonds is 5. The summed E-state index contributed by atoms with van der Waals surface area (Å²) >= 11 is 0. The summed E-state index contributed by atoms with van der Waals surface area (Å²) in [5.41, 5.74) is 9.70. The number of fused-ring (bicyclic) bond motifs is 1. The van der Waals surface area contributed by atoms with Crippen molar-refractivity contribution in [2.45, 2.75) is 12.8 Å². The Kier molecular flexibility index (Phi) is 4.21. The van der Waals surface area contributed by atoms with E-state index in [0.717, 1.165) is 33.5 Å². The number of aromatic amines is 1. The van der Waals surface area contributed by atoms with Crippen molar-refractivity contribution in [3.63, 3.8) is 0 Å². The fourth-order valence-corrected chi connectivity index (χ4v) is 2.85. The zero-order valence-corrected chi connectivity index (χ0v) is 13.3. The van der Waals surface area contributed by atoms with Gasteiger partial charge in [0.2, 0.25) is 5.91 Å². The Bertz CT molecular complexity index is 934. The van der Waals surface area contributed by atoms with E-state index < -0.39 is 5.91 Å². The minimum atomic E-state index is -0.451. The number of nitrogens with two attached hydrogens (primary N) is 1. The Labute approximate surface area is 139 Å². The minimum Gasteiger partial charge on any atom is -0.497 e. The van der Waals surface area contributed by atoms with Crippen LogP contribution in [-0.4, -0.2) is 18.0 Å². The third-order valence-corrected chi connectivity index (χ3v) is 4.06. The van der Waals surface area contributed by atoms with Gasteiger partial charge >= 0.3 is 0 Å². The number of carbonyl (C=O) groups excluding carboxylic acids is 1. The third-order valence-electron chi connectivity index (χ3n) is 4.06. The van der Waals surface area contributed by atoms with Crippen molar-refractivity contribution in [2.24, 2.45) is 5.73 Å². The molecule has 0 saturated carbocycles. The zero-order chi connectivity index (χ0) is 17.1. The van der Waals surface area contributed by atoms with E-state index in [2.05, 4.69) is 11.1 Å². The second-order valence-corrected chi connectivity index (χ2v) is 5.49. The molecule has 2 aromatic carbocycles. The van der Waals surface area contributed by atoms with Crippen LogP contribution in [0.4, 0.5) is 0 Å². The molecule has 3 N–H and O–H groups in total. The van der Waals surface area contributed by atoms with Crippen molar-refractivity contribution in [3.8, 4) is 23.1 Å². The number of benzene rings is 2. The lowest BCUT2D eigenvalue weighted by molar-refractivity contribution is 0.100. The SMILES string of the molecule is COc1ccc2c(CCC#N)c(-c3ccc(C(N)=O)cc3)[nH]c2c1. The molecule has 1 heterocycles. The number of nitrogens with one attached hydrogen (secondary N) is 1. The van der Waals surface area contributed by atoms with E-state index in [9.17, 15) is 4.79 Å². The first-order valence-electron chi connectivity index (χ1n) is 7.60. The quantitative estimate of drug-likeness (QED) is 0.755. The first-order valence-corrected chi connectivity index (χ1v) is 7.60. The largest absolute Gasteiger partial charge is 0.497 e. The normalized spacial score (nSPS) is 10.5. The number of aryl methyl sites for hydroxylation is 1. The number of methoxy groups -OCH3 is 1. The van der Waals surface area contributed by atoms with E-state index in [1.54, 1.807) is 19.2 Å². The minimum absolute atomic E-state index is 0.436. The zero-order valence-electron chi connectivity index (χ0n) is 13.3. The van der Waals surface area contributed by atoms with Gasteiger partial charge in [0.1, 0.15) is 5.75 Å². The lowest BCUT2D eigenvalue weighted by Gasteiger charge is -2.04. The first-order chi connectivity index (χ1) is 11.6. The first kappa shape index (κ1) is 15.6. The van der Waals surface area contributed by atoms with Gasteiger partial charge in [0, 0.05) is 34.6 Å². The van der Waals surface area contributed by atoms with E-state index in [0.29, 0.717) is 18.4 Å². The molecule has 0 bridgehead atoms. The highest BCUT2D eigenvalue weighted by Gasteiger charge is 2.14. The van der Waals surface area contributed by atoms with Crippen LogP contribution in [0.2, 0.25) is 0 Å². The summed E-state index contributed by atoms with van der Waals surface area (Å²) in [4.78, 5) is 14.6. The van der Waals surface area contributed by atoms with Crippen LogP contribution in [0.3, 0.4) is 0 Å². The van der Waals surface area contributed by atoms with Gasteiger partial charge in [-0.2, -0.15) is 5.26 Å². The molecule has 120 valence electrons. The molecule has 0 unspecified atom stereocenters. The number of amides is 1. The highest BCUT2D eigenvalue weighted by atomic mass is 16.5. The smallest absolute Gasteiger partial charge is 0.248 e. The average Bonchev–Trinajstić information content (AvgIpc) is 2.97. The van der Waals surface area contributed by atoms with Gasteiger partial charge in [-0.15, -0.1) is 0 Å². The van der Waals surface area contributed by atoms with Gasteiger partial charge in [-0.1, -0.05) is 12.1 Å². The number of hydrogen-bond donors (Lipinski definition) is 2. The van der Waals surface area contributed by atoms with Gasteiger partial charge < -0.3 is 15.5 Å². The van der Waals surface area contributed by atoms with Crippen molar-refractivity contribution >= 4 is 16.8 Å². The van der Waals surface area contributed by atoms with Gasteiger partial charge in [-0.25, -0.2) is 0 Å². The number of primary amides is 1. The van der Waals surface area contributed by atoms with Crippen LogP contribution in [0.15, 0.2) is 42.5 Å². The lowest BCUT2D eigenvalue weighted by atomic mass is 10.0. The summed E-state index contributed by atoms with van der Waals surface area (Å²) in [6.45, 7) is 0. The van der Waals surface area contributed by atoms with Crippen LogP contribution in [-0.2, 0) is 6.42 Å². The molecule has 5 nitrogen and oxygen atoms in total. The lowest BCUT2D eigenvalue weighted by Crippen LogP contribution is -2.10. The van der Waals surface area contributed by atoms with E-state index >= 15 is 0 Å². The predicted molar refractivity (Wildman–Crippen MR) is 92.7 cm³/mol. The van der Waals surface area contributed by atoms with Crippen molar-refractivity contribution in [2.75, 3.05) is 7.11 Å². The standard InChI is InChI=1S/C19H17N3O2/c1-24-14-8-9-15-16(3-2-10-20)18(22-17(15)11-14)12-4-6-13(7-5-12)19(21)23/h4-9,11,22H,2-3H2,1H3,(H2,21,23). The van der Waals surface area contributed by atoms with Crippen molar-refractivity contribution in [1.29, 1.82) is 5.26 Å². The van der Waals surface area contributed by atoms with Crippen molar-refractivity contribution in [3.05, 3.63) is 53.6 Å². The fraction of sp³-hybridized carbons (Fsp3) is 0.158. The number of hydrogen-bond acceptors (Lipinski definition) is 3. The molecule has 3 aromatic rings. The highest BCUT2D eigenvalue weighted by Crippen LogP contribution is 2.33. The Morgan fingerprint density at radius 2 is 2.00 bits per heavy atom. The molecule has 0 fully saturated rings. The number of ether oxygens (including phenoxy) is 1. The molecule has 1 amide bonds. The number of H-pyrrole nitrogens is 1. The molecule has 0 spiro atoms. The van der Waals surface area contributed by atoms with Crippen LogP contribution >= 0.6 is 0 Å². The summed E-state index contributed by atoms with van der Waals surface area (Å²) < 4.78 is 5.28. The van der Waals surface area contributed by atoms with Crippen LogP contribution in [0.5, 0.6) is 5.75 Å². The Morgan fingerprint density at radius 1 is 1.25 bits per heavy atom. The summed E-state index contributed by atoms with van der Waals surface area (Å²) in [6, 6.07) is 15.2. The summed E-state index contributed by atoms with van der Waals surface area (Å²) in [5.74, 6) is 0.318. The van der Waals surface area contributed by atoms with Crippen LogP contribution in [0, 0.1) is 11.3 Å². The molecule has 1 aromatic heterocycles. The van der Waals surface area contributed by atoms with E-state index in [4.69, 9.17) is 15.7 Å². The molecular formula is C19H17N3O2. The third kappa shape index (κ3) is 2.82. The molecule has 0 atom stereocenters. The topological polar surface area (TPSA) is 91.9 Å². The van der Waals surface area contributed by atoms with Crippen LogP contribution in [0.1, 0.15) is 22.3 Å². The maximum absolute atomic E-state index is 11.2. The molecule has 0 radical (unpaired) electrons. The van der Waals surface area contributed by atoms with Gasteiger partial charge in [0.15, 0.2) is 0 Å². The molecule has 0 aliphatic carbocycles. The predicted octanol–water partition coefficient (Wildman–Crippen LogP) is 3.40. The molecule has 5 heteroatoms. The van der Waals surface area contributed by atoms with Crippen molar-refractivity contribution in [1.82, 2.24) is 4.98 Å². The molecule has 0 aliphatic rings. The van der Waals surface area contributed by atoms with E-state index in [-0.39, 0.29) is 0 Å². The Balaban J connectivity index is 2.14. The molecule has 0 saturated heterocycles. The maximum Gasteiger partial charge on any atom is 0.248 e. The summed E-state index contributed by atoms with van der Waals surface area (Å²) in [6.07, 6.45) is 1.08. The van der Waals surface area contributed by atoms with Crippen LogP contribution < -0.4 is 10.5 Å². The molecular weight excluding hydrogens is 302 g/mol. The van der Waals surface area contributed by atoms with E-state index in [1.807, 2.05) is 30.3 Å². The number of nitriles is 1. The average molecular weight is 319 g/mol. The highest BCUT2D eigenvalue weighted by molar-refractivity contribution is 5.94. The summed E-state index contributed by atoms with van der Waals surface area (Å²) in [7, 11) is 1.63. The Morgan fingerprint density at radius 3 is 2.62 bits per heavy atom. The number of carbonyl (C=O) groups is 1. The number of nitrogens with zero attached hydrogens (tertiary/aromatic N) is 1. The monoisotopic (exact) mass is 319 g/mol. The van der Waals surface area contributed by atoms with E-state index in [1.165, 1.54) is 0 Å². The van der Waals surface area contributed by atoms with Gasteiger partial charge in [-0.05, 0) is 41.8 Å². The van der Waals surface area contributed by atoms with Gasteiger partial charge in [0.05, 0.1) is 13.2 Å². The molecule has 0 aliphatic heterocycles. The fourth-order valence-electron chi connectivity index (χ4n) is 2.85. The van der Waals surface area contributed by atoms with Crippen LogP contribution in [0.25, 0.3) is 22.2 Å². The van der Waals surface area contributed by atoms with Gasteiger partial charge in [0.25, 0.3) is 0 Å². The second kappa shape index (κ2) is 6.47. The summed E-state index contributed by atoms with van der Waals surface area (Å²) in [5, 5.41) is 10.0.